The molecule has 2 aliphatic rings. The Hall–Kier alpha value is -2.30. The van der Waals surface area contributed by atoms with Crippen molar-refractivity contribution in [2.45, 2.75) is 39.2 Å². The van der Waals surface area contributed by atoms with E-state index >= 15 is 0 Å². The summed E-state index contributed by atoms with van der Waals surface area (Å²) >= 11 is 0. The molecule has 2 heterocycles. The second-order valence-corrected chi connectivity index (χ2v) is 7.20. The predicted molar refractivity (Wildman–Crippen MR) is 93.5 cm³/mol. The molecule has 1 aromatic rings. The number of guanidine groups is 1. The molecular formula is C19H25N3O2. The smallest absolute Gasteiger partial charge is 0.335 e. The van der Waals surface area contributed by atoms with Gasteiger partial charge in [0.15, 0.2) is 11.6 Å². The van der Waals surface area contributed by atoms with E-state index in [-0.39, 0.29) is 11.9 Å². The maximum absolute atomic E-state index is 12.6. The molecule has 5 heteroatoms. The van der Waals surface area contributed by atoms with Crippen LogP contribution in [0, 0.1) is 18.3 Å². The van der Waals surface area contributed by atoms with Gasteiger partial charge in [0.05, 0.1) is 0 Å². The molecule has 0 fully saturated rings. The van der Waals surface area contributed by atoms with Crippen LogP contribution in [-0.4, -0.2) is 29.9 Å². The standard InChI is InChI=1S/C19H25N3O2/c1-12(2)10-19(14-6-4-5-13(3)9-14)16-11-22(18(20)21)8-7-15(16)17(23)24-19/h4-6,9,12H,7-8,10-11H2,1-3H3,(H3,20,21). The largest absolute Gasteiger partial charge is 0.446 e. The lowest BCUT2D eigenvalue weighted by Crippen LogP contribution is -2.44. The van der Waals surface area contributed by atoms with Gasteiger partial charge in [0.2, 0.25) is 0 Å². The summed E-state index contributed by atoms with van der Waals surface area (Å²) in [7, 11) is 0. The normalized spacial score (nSPS) is 23.5. The van der Waals surface area contributed by atoms with Crippen molar-refractivity contribution in [3.05, 3.63) is 46.5 Å². The summed E-state index contributed by atoms with van der Waals surface area (Å²) in [5.74, 6) is 0.191. The molecule has 0 amide bonds. The molecule has 128 valence electrons. The highest BCUT2D eigenvalue weighted by Crippen LogP contribution is 2.48. The number of carbonyl (C=O) groups excluding carboxylic acids is 1. The lowest BCUT2D eigenvalue weighted by molar-refractivity contribution is -0.149. The molecule has 0 saturated carbocycles. The van der Waals surface area contributed by atoms with Crippen LogP contribution in [-0.2, 0) is 15.1 Å². The summed E-state index contributed by atoms with van der Waals surface area (Å²) in [5.41, 5.74) is 8.87. The number of hydrogen-bond donors (Lipinski definition) is 2. The van der Waals surface area contributed by atoms with Crippen molar-refractivity contribution in [3.8, 4) is 0 Å². The summed E-state index contributed by atoms with van der Waals surface area (Å²) in [4.78, 5) is 14.4. The molecule has 24 heavy (non-hydrogen) atoms. The summed E-state index contributed by atoms with van der Waals surface area (Å²) in [6.07, 6.45) is 1.31. The first kappa shape index (κ1) is 16.6. The quantitative estimate of drug-likeness (QED) is 0.508. The first-order valence-electron chi connectivity index (χ1n) is 8.45. The average molecular weight is 327 g/mol. The number of nitrogens with two attached hydrogens (primary N) is 1. The highest BCUT2D eigenvalue weighted by molar-refractivity contribution is 5.94. The number of hydrogen-bond acceptors (Lipinski definition) is 3. The van der Waals surface area contributed by atoms with E-state index in [2.05, 4.69) is 19.9 Å². The number of ether oxygens (including phenoxy) is 1. The van der Waals surface area contributed by atoms with Gasteiger partial charge in [-0.05, 0) is 25.7 Å². The van der Waals surface area contributed by atoms with Crippen LogP contribution in [0.4, 0.5) is 0 Å². The fourth-order valence-electron chi connectivity index (χ4n) is 3.83. The number of carbonyl (C=O) groups is 1. The minimum Gasteiger partial charge on any atom is -0.446 e. The van der Waals surface area contributed by atoms with Crippen molar-refractivity contribution < 1.29 is 9.53 Å². The monoisotopic (exact) mass is 327 g/mol. The number of nitrogens with zero attached hydrogens (tertiary/aromatic N) is 1. The molecule has 2 aliphatic heterocycles. The van der Waals surface area contributed by atoms with Gasteiger partial charge in [-0.1, -0.05) is 43.7 Å². The fraction of sp³-hybridized carbons (Fsp3) is 0.474. The first-order chi connectivity index (χ1) is 11.3. The Morgan fingerprint density at radius 2 is 2.21 bits per heavy atom. The minimum atomic E-state index is -0.735. The SMILES string of the molecule is Cc1cccc(C2(CC(C)C)OC(=O)C3=C2CN(C(=N)N)CC3)c1. The van der Waals surface area contributed by atoms with Crippen molar-refractivity contribution >= 4 is 11.9 Å². The molecule has 0 radical (unpaired) electrons. The first-order valence-corrected chi connectivity index (χ1v) is 8.45. The summed E-state index contributed by atoms with van der Waals surface area (Å²) in [6.45, 7) is 7.39. The zero-order valence-corrected chi connectivity index (χ0v) is 14.6. The zero-order chi connectivity index (χ0) is 17.5. The van der Waals surface area contributed by atoms with Crippen LogP contribution in [0.25, 0.3) is 0 Å². The third-order valence-corrected chi connectivity index (χ3v) is 4.87. The van der Waals surface area contributed by atoms with E-state index in [0.29, 0.717) is 25.4 Å². The molecular weight excluding hydrogens is 302 g/mol. The number of esters is 1. The summed E-state index contributed by atoms with van der Waals surface area (Å²) in [6, 6.07) is 8.18. The van der Waals surface area contributed by atoms with Crippen LogP contribution < -0.4 is 5.73 Å². The summed E-state index contributed by atoms with van der Waals surface area (Å²) in [5, 5.41) is 7.76. The van der Waals surface area contributed by atoms with Crippen LogP contribution in [0.1, 0.15) is 37.8 Å². The molecule has 0 bridgehead atoms. The number of cyclic esters (lactones) is 1. The van der Waals surface area contributed by atoms with E-state index in [1.54, 1.807) is 0 Å². The van der Waals surface area contributed by atoms with Gasteiger partial charge < -0.3 is 15.4 Å². The highest BCUT2D eigenvalue weighted by atomic mass is 16.6. The van der Waals surface area contributed by atoms with Gasteiger partial charge in [-0.2, -0.15) is 0 Å². The Morgan fingerprint density at radius 1 is 1.46 bits per heavy atom. The van der Waals surface area contributed by atoms with Crippen LogP contribution in [0.15, 0.2) is 35.4 Å². The van der Waals surface area contributed by atoms with Gasteiger partial charge in [0, 0.05) is 29.8 Å². The van der Waals surface area contributed by atoms with E-state index in [1.165, 1.54) is 0 Å². The van der Waals surface area contributed by atoms with Crippen molar-refractivity contribution in [1.82, 2.24) is 4.90 Å². The number of benzene rings is 1. The maximum Gasteiger partial charge on any atom is 0.335 e. The van der Waals surface area contributed by atoms with Crippen LogP contribution >= 0.6 is 0 Å². The van der Waals surface area contributed by atoms with Crippen LogP contribution in [0.5, 0.6) is 0 Å². The number of aryl methyl sites for hydroxylation is 1. The summed E-state index contributed by atoms with van der Waals surface area (Å²) < 4.78 is 6.02. The molecule has 0 aliphatic carbocycles. The molecule has 3 rings (SSSR count). The predicted octanol–water partition coefficient (Wildman–Crippen LogP) is 2.69. The molecule has 1 atom stereocenters. The lowest BCUT2D eigenvalue weighted by atomic mass is 9.77. The maximum atomic E-state index is 12.6. The second kappa shape index (κ2) is 5.96. The zero-order valence-electron chi connectivity index (χ0n) is 14.6. The van der Waals surface area contributed by atoms with Crippen molar-refractivity contribution in [2.75, 3.05) is 13.1 Å². The van der Waals surface area contributed by atoms with E-state index in [0.717, 1.165) is 28.7 Å². The molecule has 3 N–H and O–H groups in total. The van der Waals surface area contributed by atoms with Gasteiger partial charge in [-0.25, -0.2) is 4.79 Å². The van der Waals surface area contributed by atoms with Crippen molar-refractivity contribution in [2.24, 2.45) is 11.7 Å². The minimum absolute atomic E-state index is 0.0450. The molecule has 5 nitrogen and oxygen atoms in total. The second-order valence-electron chi connectivity index (χ2n) is 7.20. The Labute approximate surface area is 143 Å². The van der Waals surface area contributed by atoms with E-state index in [9.17, 15) is 4.79 Å². The van der Waals surface area contributed by atoms with Crippen LogP contribution in [0.3, 0.4) is 0 Å². The van der Waals surface area contributed by atoms with Crippen molar-refractivity contribution in [1.29, 1.82) is 5.41 Å². The van der Waals surface area contributed by atoms with E-state index < -0.39 is 5.60 Å². The van der Waals surface area contributed by atoms with Crippen LogP contribution in [0.2, 0.25) is 0 Å². The molecule has 1 unspecified atom stereocenters. The molecule has 0 saturated heterocycles. The van der Waals surface area contributed by atoms with Gasteiger partial charge in [-0.15, -0.1) is 0 Å². The van der Waals surface area contributed by atoms with Gasteiger partial charge in [0.25, 0.3) is 0 Å². The number of rotatable bonds is 3. The van der Waals surface area contributed by atoms with Crippen molar-refractivity contribution in [3.63, 3.8) is 0 Å². The topological polar surface area (TPSA) is 79.4 Å². The van der Waals surface area contributed by atoms with Gasteiger partial charge >= 0.3 is 5.97 Å². The lowest BCUT2D eigenvalue weighted by Gasteiger charge is -2.37. The molecule has 0 spiro atoms. The fourth-order valence-corrected chi connectivity index (χ4v) is 3.83. The Bertz CT molecular complexity index is 723. The van der Waals surface area contributed by atoms with Gasteiger partial charge in [-0.3, -0.25) is 5.41 Å². The van der Waals surface area contributed by atoms with E-state index in [4.69, 9.17) is 15.9 Å². The third-order valence-electron chi connectivity index (χ3n) is 4.87. The number of nitrogens with one attached hydrogen (secondary N) is 1. The third kappa shape index (κ3) is 2.68. The van der Waals surface area contributed by atoms with E-state index in [1.807, 2.05) is 30.0 Å². The Balaban J connectivity index is 2.13. The molecule has 1 aromatic carbocycles. The Morgan fingerprint density at radius 3 is 2.83 bits per heavy atom. The van der Waals surface area contributed by atoms with Gasteiger partial charge in [0.1, 0.15) is 0 Å². The Kier molecular flexibility index (Phi) is 4.11. The molecule has 0 aromatic heterocycles. The highest BCUT2D eigenvalue weighted by Gasteiger charge is 2.50. The average Bonchev–Trinajstić information content (AvgIpc) is 2.79.